The number of esters is 1. The fourth-order valence-electron chi connectivity index (χ4n) is 2.04. The second kappa shape index (κ2) is 7.36. The molecule has 112 valence electrons. The van der Waals surface area contributed by atoms with E-state index in [0.29, 0.717) is 11.1 Å². The maximum absolute atomic E-state index is 12.7. The highest BCUT2D eigenvalue weighted by molar-refractivity contribution is 6.01. The average molecular weight is 294 g/mol. The third-order valence-electron chi connectivity index (χ3n) is 3.04. The number of carbonyl (C=O) groups excluding carboxylic acids is 2. The number of benzene rings is 2. The van der Waals surface area contributed by atoms with Gasteiger partial charge in [0.15, 0.2) is 6.10 Å². The molecule has 0 fully saturated rings. The first kappa shape index (κ1) is 15.7. The van der Waals surface area contributed by atoms with Gasteiger partial charge in [-0.15, -0.1) is 0 Å². The minimum Gasteiger partial charge on any atom is -0.446 e. The zero-order valence-electron chi connectivity index (χ0n) is 12.7. The number of ketones is 1. The first-order chi connectivity index (χ1) is 10.6. The van der Waals surface area contributed by atoms with Crippen molar-refractivity contribution in [3.63, 3.8) is 0 Å². The van der Waals surface area contributed by atoms with Crippen molar-refractivity contribution in [3.05, 3.63) is 83.4 Å². The Morgan fingerprint density at radius 3 is 2.00 bits per heavy atom. The Bertz CT molecular complexity index is 668. The molecule has 0 saturated heterocycles. The van der Waals surface area contributed by atoms with Gasteiger partial charge in [0.2, 0.25) is 5.78 Å². The summed E-state index contributed by atoms with van der Waals surface area (Å²) in [6, 6.07) is 17.9. The lowest BCUT2D eigenvalue weighted by Crippen LogP contribution is -2.19. The maximum Gasteiger partial charge on any atom is 0.331 e. The monoisotopic (exact) mass is 294 g/mol. The Kier molecular flexibility index (Phi) is 5.26. The Balaban J connectivity index is 2.32. The fourth-order valence-corrected chi connectivity index (χ4v) is 2.04. The predicted molar refractivity (Wildman–Crippen MR) is 85.5 cm³/mol. The molecule has 0 bridgehead atoms. The fraction of sp³-hybridized carbons (Fsp3) is 0.158. The van der Waals surface area contributed by atoms with E-state index < -0.39 is 12.1 Å². The molecule has 0 spiro atoms. The molecule has 0 aliphatic rings. The molecule has 0 N–H and O–H groups in total. The van der Waals surface area contributed by atoms with Crippen molar-refractivity contribution >= 4 is 11.8 Å². The van der Waals surface area contributed by atoms with Crippen LogP contribution in [0.5, 0.6) is 0 Å². The van der Waals surface area contributed by atoms with Crippen LogP contribution in [-0.4, -0.2) is 11.8 Å². The number of hydrogen-bond acceptors (Lipinski definition) is 3. The van der Waals surface area contributed by atoms with Gasteiger partial charge in [-0.25, -0.2) is 4.79 Å². The standard InChI is InChI=1S/C19H18O3/c1-14(2)13-17(20)22-19(16-11-7-4-8-12-16)18(21)15-9-5-3-6-10-15/h3-13,19H,1-2H3. The van der Waals surface area contributed by atoms with Crippen molar-refractivity contribution in [3.8, 4) is 0 Å². The Morgan fingerprint density at radius 2 is 1.45 bits per heavy atom. The lowest BCUT2D eigenvalue weighted by Gasteiger charge is -2.16. The summed E-state index contributed by atoms with van der Waals surface area (Å²) in [6.07, 6.45) is 0.445. The highest BCUT2D eigenvalue weighted by atomic mass is 16.5. The smallest absolute Gasteiger partial charge is 0.331 e. The second-order valence-electron chi connectivity index (χ2n) is 5.18. The Morgan fingerprint density at radius 1 is 0.909 bits per heavy atom. The van der Waals surface area contributed by atoms with Gasteiger partial charge in [0.05, 0.1) is 0 Å². The summed E-state index contributed by atoms with van der Waals surface area (Å²) in [5.74, 6) is -0.750. The summed E-state index contributed by atoms with van der Waals surface area (Å²) in [5, 5.41) is 0. The Labute approximate surface area is 130 Å². The van der Waals surface area contributed by atoms with Gasteiger partial charge in [0.1, 0.15) is 0 Å². The molecule has 0 heterocycles. The van der Waals surface area contributed by atoms with Crippen molar-refractivity contribution in [2.75, 3.05) is 0 Å². The van der Waals surface area contributed by atoms with E-state index in [0.717, 1.165) is 5.57 Å². The van der Waals surface area contributed by atoms with E-state index >= 15 is 0 Å². The quantitative estimate of drug-likeness (QED) is 0.473. The van der Waals surface area contributed by atoms with Gasteiger partial charge < -0.3 is 4.74 Å². The van der Waals surface area contributed by atoms with E-state index in [1.807, 2.05) is 24.3 Å². The van der Waals surface area contributed by atoms with Crippen molar-refractivity contribution in [1.29, 1.82) is 0 Å². The zero-order chi connectivity index (χ0) is 15.9. The summed E-state index contributed by atoms with van der Waals surface area (Å²) < 4.78 is 5.40. The van der Waals surface area contributed by atoms with Gasteiger partial charge in [-0.1, -0.05) is 66.2 Å². The molecule has 2 rings (SSSR count). The molecule has 1 atom stereocenters. The third-order valence-corrected chi connectivity index (χ3v) is 3.04. The molecule has 0 saturated carbocycles. The maximum atomic E-state index is 12.7. The number of carbonyl (C=O) groups is 2. The molecule has 3 nitrogen and oxygen atoms in total. The van der Waals surface area contributed by atoms with Crippen LogP contribution in [-0.2, 0) is 9.53 Å². The molecule has 0 amide bonds. The lowest BCUT2D eigenvalue weighted by atomic mass is 10.00. The van der Waals surface area contributed by atoms with E-state index in [9.17, 15) is 9.59 Å². The van der Waals surface area contributed by atoms with Gasteiger partial charge in [0.25, 0.3) is 0 Å². The van der Waals surface area contributed by atoms with Crippen molar-refractivity contribution in [1.82, 2.24) is 0 Å². The van der Waals surface area contributed by atoms with Crippen LogP contribution >= 0.6 is 0 Å². The summed E-state index contributed by atoms with van der Waals surface area (Å²) in [5.41, 5.74) is 2.00. The average Bonchev–Trinajstić information content (AvgIpc) is 2.53. The van der Waals surface area contributed by atoms with Crippen LogP contribution < -0.4 is 0 Å². The summed E-state index contributed by atoms with van der Waals surface area (Å²) >= 11 is 0. The topological polar surface area (TPSA) is 43.4 Å². The van der Waals surface area contributed by atoms with Gasteiger partial charge in [-0.3, -0.25) is 4.79 Å². The second-order valence-corrected chi connectivity index (χ2v) is 5.18. The molecular formula is C19H18O3. The molecule has 0 radical (unpaired) electrons. The molecule has 3 heteroatoms. The molecule has 2 aromatic rings. The van der Waals surface area contributed by atoms with E-state index in [1.54, 1.807) is 50.2 Å². The van der Waals surface area contributed by atoms with Crippen LogP contribution in [0.3, 0.4) is 0 Å². The zero-order valence-corrected chi connectivity index (χ0v) is 12.7. The van der Waals surface area contributed by atoms with Gasteiger partial charge in [0, 0.05) is 17.2 Å². The molecule has 1 unspecified atom stereocenters. The molecule has 2 aromatic carbocycles. The van der Waals surface area contributed by atoms with E-state index in [2.05, 4.69) is 0 Å². The van der Waals surface area contributed by atoms with Crippen LogP contribution in [0.15, 0.2) is 72.3 Å². The van der Waals surface area contributed by atoms with Crippen molar-refractivity contribution < 1.29 is 14.3 Å². The molecule has 22 heavy (non-hydrogen) atoms. The largest absolute Gasteiger partial charge is 0.446 e. The lowest BCUT2D eigenvalue weighted by molar-refractivity contribution is -0.141. The van der Waals surface area contributed by atoms with Crippen LogP contribution in [0.2, 0.25) is 0 Å². The van der Waals surface area contributed by atoms with Gasteiger partial charge >= 0.3 is 5.97 Å². The van der Waals surface area contributed by atoms with Gasteiger partial charge in [-0.05, 0) is 13.8 Å². The first-order valence-electron chi connectivity index (χ1n) is 7.07. The van der Waals surface area contributed by atoms with Crippen LogP contribution in [0.1, 0.15) is 35.9 Å². The van der Waals surface area contributed by atoms with E-state index in [4.69, 9.17) is 4.74 Å². The van der Waals surface area contributed by atoms with Crippen molar-refractivity contribution in [2.24, 2.45) is 0 Å². The van der Waals surface area contributed by atoms with Crippen molar-refractivity contribution in [2.45, 2.75) is 20.0 Å². The SMILES string of the molecule is CC(C)=CC(=O)OC(C(=O)c1ccccc1)c1ccccc1. The van der Waals surface area contributed by atoms with Crippen LogP contribution in [0, 0.1) is 0 Å². The third kappa shape index (κ3) is 4.16. The number of hydrogen-bond donors (Lipinski definition) is 0. The number of Topliss-reactive ketones (excluding diaryl/α,β-unsaturated/α-hetero) is 1. The highest BCUT2D eigenvalue weighted by Gasteiger charge is 2.25. The minimum absolute atomic E-state index is 0.234. The van der Waals surface area contributed by atoms with Crippen LogP contribution in [0.4, 0.5) is 0 Å². The highest BCUT2D eigenvalue weighted by Crippen LogP contribution is 2.23. The molecule has 0 aliphatic heterocycles. The summed E-state index contributed by atoms with van der Waals surface area (Å²) in [7, 11) is 0. The van der Waals surface area contributed by atoms with Crippen LogP contribution in [0.25, 0.3) is 0 Å². The summed E-state index contributed by atoms with van der Waals surface area (Å²) in [6.45, 7) is 3.61. The molecule has 0 aliphatic carbocycles. The summed E-state index contributed by atoms with van der Waals surface area (Å²) in [4.78, 5) is 24.6. The Hall–Kier alpha value is -2.68. The minimum atomic E-state index is -0.938. The predicted octanol–water partition coefficient (Wildman–Crippen LogP) is 4.12. The normalized spacial score (nSPS) is 11.4. The van der Waals surface area contributed by atoms with Gasteiger partial charge in [-0.2, -0.15) is 0 Å². The van der Waals surface area contributed by atoms with E-state index in [-0.39, 0.29) is 5.78 Å². The molecular weight excluding hydrogens is 276 g/mol. The first-order valence-corrected chi connectivity index (χ1v) is 7.07. The molecule has 0 aromatic heterocycles. The number of allylic oxidation sites excluding steroid dienone is 1. The van der Waals surface area contributed by atoms with E-state index in [1.165, 1.54) is 6.08 Å². The number of rotatable bonds is 5. The number of ether oxygens (including phenoxy) is 1.